The number of nitrogens with one attached hydrogen (secondary N) is 1. The van der Waals surface area contributed by atoms with Crippen LogP contribution in [-0.2, 0) is 25.7 Å². The lowest BCUT2D eigenvalue weighted by Gasteiger charge is -2.26. The lowest BCUT2D eigenvalue weighted by atomic mass is 10.1. The molecule has 0 bridgehead atoms. The fourth-order valence-electron chi connectivity index (χ4n) is 3.50. The van der Waals surface area contributed by atoms with Crippen molar-refractivity contribution >= 4 is 29.1 Å². The minimum absolute atomic E-state index is 0.187. The molecule has 1 N–H and O–H groups in total. The molecular formula is C21H25N3O4S. The molecule has 0 spiro atoms. The standard InChI is InChI=1S/C21H25N3O4S/c1-13-19(29-12-23-13)17-8-6-16(7-9-17)11-22-20(26)18-5-4-10-24(18)21(27)14(2)28-15(3)25/h6-9,12,14,18H,4-5,10-11H2,1-3H3,(H,22,26)/t14-,18-/m0/s1. The molecular weight excluding hydrogens is 390 g/mol. The molecule has 1 fully saturated rings. The van der Waals surface area contributed by atoms with Gasteiger partial charge in [0.25, 0.3) is 5.91 Å². The van der Waals surface area contributed by atoms with E-state index in [2.05, 4.69) is 10.3 Å². The Balaban J connectivity index is 1.57. The summed E-state index contributed by atoms with van der Waals surface area (Å²) in [6, 6.07) is 7.48. The molecule has 2 heterocycles. The largest absolute Gasteiger partial charge is 0.453 e. The molecule has 2 atom stereocenters. The summed E-state index contributed by atoms with van der Waals surface area (Å²) < 4.78 is 4.97. The van der Waals surface area contributed by atoms with Gasteiger partial charge >= 0.3 is 5.97 Å². The van der Waals surface area contributed by atoms with Crippen molar-refractivity contribution in [1.29, 1.82) is 0 Å². The number of esters is 1. The number of aromatic nitrogens is 1. The Morgan fingerprint density at radius 2 is 2.03 bits per heavy atom. The fraction of sp³-hybridized carbons (Fsp3) is 0.429. The van der Waals surface area contributed by atoms with Crippen LogP contribution in [0.2, 0.25) is 0 Å². The molecule has 1 saturated heterocycles. The Morgan fingerprint density at radius 1 is 1.31 bits per heavy atom. The number of thiazole rings is 1. The Kier molecular flexibility index (Phi) is 6.64. The zero-order valence-corrected chi connectivity index (χ0v) is 17.6. The van der Waals surface area contributed by atoms with Crippen LogP contribution in [0.3, 0.4) is 0 Å². The first kappa shape index (κ1) is 21.0. The third-order valence-corrected chi connectivity index (χ3v) is 5.94. The molecule has 1 aromatic carbocycles. The fourth-order valence-corrected chi connectivity index (χ4v) is 4.31. The first-order chi connectivity index (χ1) is 13.9. The second kappa shape index (κ2) is 9.17. The average molecular weight is 416 g/mol. The quantitative estimate of drug-likeness (QED) is 0.733. The Morgan fingerprint density at radius 3 is 2.66 bits per heavy atom. The van der Waals surface area contributed by atoms with Crippen molar-refractivity contribution in [3.05, 3.63) is 41.0 Å². The van der Waals surface area contributed by atoms with Crippen molar-refractivity contribution in [3.63, 3.8) is 0 Å². The number of carbonyl (C=O) groups excluding carboxylic acids is 3. The number of ether oxygens (including phenoxy) is 1. The molecule has 0 saturated carbocycles. The SMILES string of the molecule is CC(=O)O[C@@H](C)C(=O)N1CCC[C@H]1C(=O)NCc1ccc(-c2scnc2C)cc1. The number of benzene rings is 1. The Labute approximate surface area is 174 Å². The summed E-state index contributed by atoms with van der Waals surface area (Å²) in [6.45, 7) is 5.66. The molecule has 0 unspecified atom stereocenters. The van der Waals surface area contributed by atoms with Gasteiger partial charge in [0.05, 0.1) is 16.1 Å². The van der Waals surface area contributed by atoms with E-state index in [1.165, 1.54) is 18.7 Å². The summed E-state index contributed by atoms with van der Waals surface area (Å²) >= 11 is 1.60. The average Bonchev–Trinajstić information content (AvgIpc) is 3.34. The molecule has 1 aromatic heterocycles. The van der Waals surface area contributed by atoms with E-state index in [0.29, 0.717) is 19.5 Å². The van der Waals surface area contributed by atoms with Crippen LogP contribution in [0, 0.1) is 6.92 Å². The molecule has 2 aromatic rings. The highest BCUT2D eigenvalue weighted by atomic mass is 32.1. The van der Waals surface area contributed by atoms with Gasteiger partial charge < -0.3 is 15.0 Å². The smallest absolute Gasteiger partial charge is 0.303 e. The van der Waals surface area contributed by atoms with Gasteiger partial charge in [-0.3, -0.25) is 14.4 Å². The number of rotatable bonds is 6. The Bertz CT molecular complexity index is 894. The topological polar surface area (TPSA) is 88.6 Å². The molecule has 1 aliphatic heterocycles. The van der Waals surface area contributed by atoms with E-state index >= 15 is 0 Å². The van der Waals surface area contributed by atoms with Gasteiger partial charge in [0.1, 0.15) is 6.04 Å². The van der Waals surface area contributed by atoms with Gasteiger partial charge in [-0.15, -0.1) is 11.3 Å². The van der Waals surface area contributed by atoms with Crippen LogP contribution in [0.4, 0.5) is 0 Å². The van der Waals surface area contributed by atoms with E-state index < -0.39 is 18.1 Å². The van der Waals surface area contributed by atoms with Crippen LogP contribution in [0.25, 0.3) is 10.4 Å². The number of aryl methyl sites for hydroxylation is 1. The first-order valence-electron chi connectivity index (χ1n) is 9.61. The van der Waals surface area contributed by atoms with E-state index in [9.17, 15) is 14.4 Å². The van der Waals surface area contributed by atoms with Gasteiger partial charge in [0, 0.05) is 20.0 Å². The van der Waals surface area contributed by atoms with Crippen LogP contribution in [-0.4, -0.2) is 46.4 Å². The lowest BCUT2D eigenvalue weighted by Crippen LogP contribution is -2.49. The van der Waals surface area contributed by atoms with Gasteiger partial charge in [0.15, 0.2) is 6.10 Å². The molecule has 8 heteroatoms. The number of amides is 2. The highest BCUT2D eigenvalue weighted by molar-refractivity contribution is 7.13. The third kappa shape index (κ3) is 5.00. The number of hydrogen-bond donors (Lipinski definition) is 1. The van der Waals surface area contributed by atoms with E-state index in [-0.39, 0.29) is 11.8 Å². The van der Waals surface area contributed by atoms with E-state index in [0.717, 1.165) is 28.1 Å². The molecule has 7 nitrogen and oxygen atoms in total. The number of likely N-dealkylation sites (tertiary alicyclic amines) is 1. The molecule has 0 radical (unpaired) electrons. The van der Waals surface area contributed by atoms with Crippen molar-refractivity contribution < 1.29 is 19.1 Å². The van der Waals surface area contributed by atoms with Gasteiger partial charge in [-0.1, -0.05) is 24.3 Å². The summed E-state index contributed by atoms with van der Waals surface area (Å²) in [6.07, 6.45) is 0.469. The molecule has 3 rings (SSSR count). The second-order valence-electron chi connectivity index (χ2n) is 7.12. The van der Waals surface area contributed by atoms with Gasteiger partial charge in [-0.25, -0.2) is 4.98 Å². The maximum atomic E-state index is 12.7. The maximum absolute atomic E-state index is 12.7. The maximum Gasteiger partial charge on any atom is 0.303 e. The van der Waals surface area contributed by atoms with Crippen LogP contribution in [0.15, 0.2) is 29.8 Å². The van der Waals surface area contributed by atoms with E-state index in [1.54, 1.807) is 11.3 Å². The van der Waals surface area contributed by atoms with Crippen molar-refractivity contribution in [2.75, 3.05) is 6.54 Å². The van der Waals surface area contributed by atoms with Crippen molar-refractivity contribution in [2.45, 2.75) is 52.3 Å². The highest BCUT2D eigenvalue weighted by Gasteiger charge is 2.36. The van der Waals surface area contributed by atoms with Crippen LogP contribution in [0.5, 0.6) is 0 Å². The summed E-state index contributed by atoms with van der Waals surface area (Å²) in [5.74, 6) is -1.03. The Hall–Kier alpha value is -2.74. The first-order valence-corrected chi connectivity index (χ1v) is 10.5. The number of nitrogens with zero attached hydrogens (tertiary/aromatic N) is 2. The predicted molar refractivity (Wildman–Crippen MR) is 110 cm³/mol. The molecule has 154 valence electrons. The molecule has 1 aliphatic rings. The van der Waals surface area contributed by atoms with Crippen LogP contribution in [0.1, 0.15) is 37.9 Å². The summed E-state index contributed by atoms with van der Waals surface area (Å²) in [4.78, 5) is 43.2. The van der Waals surface area contributed by atoms with Crippen LogP contribution >= 0.6 is 11.3 Å². The molecule has 2 amide bonds. The predicted octanol–water partition coefficient (Wildman–Crippen LogP) is 2.68. The molecule has 0 aliphatic carbocycles. The minimum atomic E-state index is -0.886. The minimum Gasteiger partial charge on any atom is -0.453 e. The van der Waals surface area contributed by atoms with Crippen molar-refractivity contribution in [2.24, 2.45) is 0 Å². The summed E-state index contributed by atoms with van der Waals surface area (Å²) in [5, 5.41) is 2.92. The van der Waals surface area contributed by atoms with Crippen molar-refractivity contribution in [3.8, 4) is 10.4 Å². The van der Waals surface area contributed by atoms with Gasteiger partial charge in [-0.2, -0.15) is 0 Å². The number of hydrogen-bond acceptors (Lipinski definition) is 6. The lowest BCUT2D eigenvalue weighted by molar-refractivity contribution is -0.158. The van der Waals surface area contributed by atoms with Gasteiger partial charge in [-0.05, 0) is 37.8 Å². The van der Waals surface area contributed by atoms with Gasteiger partial charge in [0.2, 0.25) is 5.91 Å². The van der Waals surface area contributed by atoms with E-state index in [1.807, 2.05) is 36.7 Å². The normalized spacial score (nSPS) is 17.1. The van der Waals surface area contributed by atoms with Crippen LogP contribution < -0.4 is 5.32 Å². The highest BCUT2D eigenvalue weighted by Crippen LogP contribution is 2.27. The molecule has 29 heavy (non-hydrogen) atoms. The third-order valence-electron chi connectivity index (χ3n) is 4.96. The summed E-state index contributed by atoms with van der Waals surface area (Å²) in [5.41, 5.74) is 4.92. The van der Waals surface area contributed by atoms with Crippen molar-refractivity contribution in [1.82, 2.24) is 15.2 Å². The monoisotopic (exact) mass is 415 g/mol. The summed E-state index contributed by atoms with van der Waals surface area (Å²) in [7, 11) is 0. The second-order valence-corrected chi connectivity index (χ2v) is 7.98. The zero-order valence-electron chi connectivity index (χ0n) is 16.8. The van der Waals surface area contributed by atoms with E-state index in [4.69, 9.17) is 4.74 Å². The zero-order chi connectivity index (χ0) is 21.0. The number of carbonyl (C=O) groups is 3.